The molecule has 40 heavy (non-hydrogen) atoms. The minimum Gasteiger partial charge on any atom is -0.309 e. The Kier molecular flexibility index (Phi) is 5.08. The van der Waals surface area contributed by atoms with Crippen LogP contribution in [0.5, 0.6) is 0 Å². The molecule has 0 spiro atoms. The molecule has 2 heteroatoms. The highest BCUT2D eigenvalue weighted by molar-refractivity contribution is 6.22. The first-order valence-electron chi connectivity index (χ1n) is 13.6. The fraction of sp³-hybridized carbons (Fsp3) is 0. The zero-order valence-corrected chi connectivity index (χ0v) is 21.7. The summed E-state index contributed by atoms with van der Waals surface area (Å²) in [5.74, 6) is -0.225. The van der Waals surface area contributed by atoms with Gasteiger partial charge in [-0.25, -0.2) is 4.39 Å². The lowest BCUT2D eigenvalue weighted by molar-refractivity contribution is 0.628. The van der Waals surface area contributed by atoms with Crippen molar-refractivity contribution in [1.29, 1.82) is 0 Å². The second-order valence-electron chi connectivity index (χ2n) is 10.3. The highest BCUT2D eigenvalue weighted by Crippen LogP contribution is 2.44. The van der Waals surface area contributed by atoms with Gasteiger partial charge in [-0.05, 0) is 86.3 Å². The van der Waals surface area contributed by atoms with Crippen LogP contribution in [0.25, 0.3) is 71.3 Å². The molecule has 7 aromatic carbocycles. The second-order valence-corrected chi connectivity index (χ2v) is 10.3. The van der Waals surface area contributed by atoms with Gasteiger partial charge in [0.05, 0.1) is 11.0 Å². The molecule has 8 rings (SSSR count). The van der Waals surface area contributed by atoms with Crippen molar-refractivity contribution < 1.29 is 4.39 Å². The van der Waals surface area contributed by atoms with Crippen LogP contribution < -0.4 is 0 Å². The average Bonchev–Trinajstić information content (AvgIpc) is 3.34. The topological polar surface area (TPSA) is 4.93 Å². The highest BCUT2D eigenvalue weighted by Gasteiger charge is 2.18. The molecule has 0 atom stereocenters. The fourth-order valence-electron chi connectivity index (χ4n) is 6.35. The van der Waals surface area contributed by atoms with Crippen LogP contribution in [0.3, 0.4) is 0 Å². The Morgan fingerprint density at radius 3 is 1.48 bits per heavy atom. The zero-order chi connectivity index (χ0) is 26.6. The van der Waals surface area contributed by atoms with Crippen LogP contribution in [0, 0.1) is 5.82 Å². The standard InChI is InChI=1S/C38H24FN/c39-27-21-18-25(19-22-27)37-30-13-4-6-15-32(30)38(33-16-7-5-14-31(33)37)26-20-23-36-34(24-26)29-12-8-9-17-35(29)40(36)28-10-2-1-3-11-28/h1-24H. The molecular weight excluding hydrogens is 489 g/mol. The van der Waals surface area contributed by atoms with E-state index in [2.05, 4.69) is 126 Å². The molecule has 1 aromatic heterocycles. The number of hydrogen-bond donors (Lipinski definition) is 0. The highest BCUT2D eigenvalue weighted by atomic mass is 19.1. The summed E-state index contributed by atoms with van der Waals surface area (Å²) in [6, 6.07) is 50.1. The number of nitrogens with zero attached hydrogens (tertiary/aromatic N) is 1. The summed E-state index contributed by atoms with van der Waals surface area (Å²) in [6.07, 6.45) is 0. The van der Waals surface area contributed by atoms with Crippen LogP contribution >= 0.6 is 0 Å². The van der Waals surface area contributed by atoms with E-state index in [-0.39, 0.29) is 5.82 Å². The van der Waals surface area contributed by atoms with E-state index in [1.54, 1.807) is 12.1 Å². The van der Waals surface area contributed by atoms with Gasteiger partial charge in [0.15, 0.2) is 0 Å². The van der Waals surface area contributed by atoms with Gasteiger partial charge in [-0.15, -0.1) is 0 Å². The van der Waals surface area contributed by atoms with E-state index in [0.717, 1.165) is 27.6 Å². The van der Waals surface area contributed by atoms with E-state index in [1.165, 1.54) is 43.7 Å². The maximum absolute atomic E-state index is 13.9. The van der Waals surface area contributed by atoms with Gasteiger partial charge >= 0.3 is 0 Å². The molecule has 0 radical (unpaired) electrons. The third kappa shape index (κ3) is 3.40. The molecule has 0 unspecified atom stereocenters. The van der Waals surface area contributed by atoms with Gasteiger partial charge in [0.25, 0.3) is 0 Å². The Bertz CT molecular complexity index is 2150. The molecule has 0 bridgehead atoms. The smallest absolute Gasteiger partial charge is 0.123 e. The Morgan fingerprint density at radius 2 is 0.850 bits per heavy atom. The summed E-state index contributed by atoms with van der Waals surface area (Å²) in [4.78, 5) is 0. The number of fused-ring (bicyclic) bond motifs is 5. The molecule has 0 aliphatic carbocycles. The molecule has 0 saturated heterocycles. The van der Waals surface area contributed by atoms with Gasteiger partial charge in [0, 0.05) is 16.5 Å². The van der Waals surface area contributed by atoms with Crippen molar-refractivity contribution in [3.63, 3.8) is 0 Å². The van der Waals surface area contributed by atoms with E-state index in [4.69, 9.17) is 0 Å². The summed E-state index contributed by atoms with van der Waals surface area (Å²) < 4.78 is 16.2. The van der Waals surface area contributed by atoms with E-state index in [1.807, 2.05) is 12.1 Å². The molecule has 0 fully saturated rings. The van der Waals surface area contributed by atoms with Crippen LogP contribution in [-0.2, 0) is 0 Å². The maximum Gasteiger partial charge on any atom is 0.123 e. The van der Waals surface area contributed by atoms with Gasteiger partial charge in [0.2, 0.25) is 0 Å². The first-order chi connectivity index (χ1) is 19.8. The Balaban J connectivity index is 1.47. The first-order valence-corrected chi connectivity index (χ1v) is 13.6. The lowest BCUT2D eigenvalue weighted by Crippen LogP contribution is -1.93. The van der Waals surface area contributed by atoms with Crippen LogP contribution in [0.2, 0.25) is 0 Å². The third-order valence-electron chi connectivity index (χ3n) is 8.04. The largest absolute Gasteiger partial charge is 0.309 e. The van der Waals surface area contributed by atoms with Gasteiger partial charge in [-0.3, -0.25) is 0 Å². The van der Waals surface area contributed by atoms with Gasteiger partial charge in [-0.1, -0.05) is 103 Å². The Labute approximate surface area is 231 Å². The van der Waals surface area contributed by atoms with Gasteiger partial charge < -0.3 is 4.57 Å². The second kappa shape index (κ2) is 8.93. The number of aromatic nitrogens is 1. The Morgan fingerprint density at radius 1 is 0.375 bits per heavy atom. The summed E-state index contributed by atoms with van der Waals surface area (Å²) in [5.41, 5.74) is 8.09. The van der Waals surface area contributed by atoms with E-state index < -0.39 is 0 Å². The number of hydrogen-bond acceptors (Lipinski definition) is 0. The van der Waals surface area contributed by atoms with Crippen molar-refractivity contribution in [2.24, 2.45) is 0 Å². The zero-order valence-electron chi connectivity index (χ0n) is 21.7. The molecule has 0 N–H and O–H groups in total. The van der Waals surface area contributed by atoms with Crippen molar-refractivity contribution in [1.82, 2.24) is 4.57 Å². The number of halogens is 1. The monoisotopic (exact) mass is 513 g/mol. The van der Waals surface area contributed by atoms with Crippen molar-refractivity contribution in [2.75, 3.05) is 0 Å². The number of benzene rings is 7. The summed E-state index contributed by atoms with van der Waals surface area (Å²) >= 11 is 0. The molecule has 188 valence electrons. The van der Waals surface area contributed by atoms with Gasteiger partial charge in [0.1, 0.15) is 5.82 Å². The predicted octanol–water partition coefficient (Wildman–Crippen LogP) is 10.6. The lowest BCUT2D eigenvalue weighted by atomic mass is 9.86. The first kappa shape index (κ1) is 22.7. The quantitative estimate of drug-likeness (QED) is 0.207. The molecule has 1 heterocycles. The molecule has 1 nitrogen and oxygen atoms in total. The lowest BCUT2D eigenvalue weighted by Gasteiger charge is -2.18. The molecule has 0 amide bonds. The predicted molar refractivity (Wildman–Crippen MR) is 167 cm³/mol. The molecular formula is C38H24FN. The summed E-state index contributed by atoms with van der Waals surface area (Å²) in [5, 5.41) is 7.16. The van der Waals surface area contributed by atoms with Crippen molar-refractivity contribution in [3.05, 3.63) is 151 Å². The molecule has 8 aromatic rings. The van der Waals surface area contributed by atoms with Crippen LogP contribution in [0.4, 0.5) is 4.39 Å². The molecule has 0 aliphatic heterocycles. The van der Waals surface area contributed by atoms with E-state index in [9.17, 15) is 4.39 Å². The van der Waals surface area contributed by atoms with Crippen LogP contribution in [0.15, 0.2) is 146 Å². The minimum absolute atomic E-state index is 0.225. The SMILES string of the molecule is Fc1ccc(-c2c3ccccc3c(-c3ccc4c(c3)c3ccccc3n4-c3ccccc3)c3ccccc23)cc1. The molecule has 0 aliphatic rings. The minimum atomic E-state index is -0.225. The third-order valence-corrected chi connectivity index (χ3v) is 8.04. The normalized spacial score (nSPS) is 11.6. The Hall–Kier alpha value is -5.21. The summed E-state index contributed by atoms with van der Waals surface area (Å²) in [7, 11) is 0. The maximum atomic E-state index is 13.9. The van der Waals surface area contributed by atoms with Crippen LogP contribution in [0.1, 0.15) is 0 Å². The van der Waals surface area contributed by atoms with Crippen molar-refractivity contribution in [2.45, 2.75) is 0 Å². The number of rotatable bonds is 3. The van der Waals surface area contributed by atoms with E-state index in [0.29, 0.717) is 0 Å². The van der Waals surface area contributed by atoms with Crippen molar-refractivity contribution >= 4 is 43.4 Å². The average molecular weight is 514 g/mol. The fourth-order valence-corrected chi connectivity index (χ4v) is 6.35. The van der Waals surface area contributed by atoms with Crippen LogP contribution in [-0.4, -0.2) is 4.57 Å². The van der Waals surface area contributed by atoms with Gasteiger partial charge in [-0.2, -0.15) is 0 Å². The van der Waals surface area contributed by atoms with E-state index >= 15 is 0 Å². The summed E-state index contributed by atoms with van der Waals surface area (Å²) in [6.45, 7) is 0. The molecule has 0 saturated carbocycles. The van der Waals surface area contributed by atoms with Crippen molar-refractivity contribution in [3.8, 4) is 27.9 Å². The number of para-hydroxylation sites is 2.